The third-order valence-electron chi connectivity index (χ3n) is 7.04. The van der Waals surface area contributed by atoms with Crippen LogP contribution < -0.4 is 9.80 Å². The lowest BCUT2D eigenvalue weighted by Gasteiger charge is -2.30. The fourth-order valence-corrected chi connectivity index (χ4v) is 5.71. The number of methoxy groups -OCH3 is 1. The van der Waals surface area contributed by atoms with Crippen LogP contribution >= 0.6 is 11.3 Å². The van der Waals surface area contributed by atoms with Crippen molar-refractivity contribution in [2.24, 2.45) is 5.92 Å². The summed E-state index contributed by atoms with van der Waals surface area (Å²) in [5.74, 6) is 0.342. The van der Waals surface area contributed by atoms with Gasteiger partial charge in [-0.05, 0) is 59.2 Å². The van der Waals surface area contributed by atoms with Gasteiger partial charge in [0.1, 0.15) is 11.9 Å². The molecule has 3 aromatic carbocycles. The Balaban J connectivity index is 1.74. The highest BCUT2D eigenvalue weighted by Gasteiger charge is 2.50. The Morgan fingerprint density at radius 3 is 2.30 bits per heavy atom. The standard InChI is InChI=1S/C32H33NO3S/c1-21-13-15-22(16-14-21)31-28(30(34)27-12-9-19-37-27)29(33(36-31)24-10-7-6-8-11-24)25-20-23(32(2,3)4)17-18-26(25)35-5/h6-20,28-29,31H,1-5H3. The number of ether oxygens (including phenoxy) is 1. The number of para-hydroxylation sites is 1. The van der Waals surface area contributed by atoms with Crippen LogP contribution in [0.25, 0.3) is 0 Å². The molecule has 190 valence electrons. The van der Waals surface area contributed by atoms with Gasteiger partial charge in [0.25, 0.3) is 0 Å². The van der Waals surface area contributed by atoms with E-state index in [2.05, 4.69) is 64.1 Å². The molecule has 0 N–H and O–H groups in total. The molecule has 0 bridgehead atoms. The fourth-order valence-electron chi connectivity index (χ4n) is 5.00. The van der Waals surface area contributed by atoms with E-state index >= 15 is 0 Å². The monoisotopic (exact) mass is 511 g/mol. The molecule has 1 fully saturated rings. The number of ketones is 1. The first kappa shape index (κ1) is 25.2. The summed E-state index contributed by atoms with van der Waals surface area (Å²) in [6.07, 6.45) is -0.455. The molecule has 0 radical (unpaired) electrons. The number of hydrogen-bond acceptors (Lipinski definition) is 5. The van der Waals surface area contributed by atoms with E-state index in [1.807, 2.05) is 59.0 Å². The number of benzene rings is 3. The first-order valence-electron chi connectivity index (χ1n) is 12.6. The molecule has 0 aliphatic carbocycles. The van der Waals surface area contributed by atoms with Crippen molar-refractivity contribution in [1.29, 1.82) is 0 Å². The van der Waals surface area contributed by atoms with Crippen molar-refractivity contribution in [3.63, 3.8) is 0 Å². The highest BCUT2D eigenvalue weighted by molar-refractivity contribution is 7.12. The summed E-state index contributed by atoms with van der Waals surface area (Å²) in [6, 6.07) is 28.1. The van der Waals surface area contributed by atoms with Crippen molar-refractivity contribution < 1.29 is 14.4 Å². The number of hydroxylamine groups is 1. The maximum atomic E-state index is 14.3. The lowest BCUT2D eigenvalue weighted by atomic mass is 9.79. The molecular weight excluding hydrogens is 478 g/mol. The van der Waals surface area contributed by atoms with Gasteiger partial charge in [-0.25, -0.2) is 5.06 Å². The van der Waals surface area contributed by atoms with Crippen LogP contribution in [0.15, 0.2) is 90.3 Å². The lowest BCUT2D eigenvalue weighted by Crippen LogP contribution is -2.29. The van der Waals surface area contributed by atoms with Crippen LogP contribution in [0.1, 0.15) is 64.8 Å². The summed E-state index contributed by atoms with van der Waals surface area (Å²) in [5, 5.41) is 3.87. The zero-order valence-electron chi connectivity index (χ0n) is 22.0. The Morgan fingerprint density at radius 2 is 1.68 bits per heavy atom. The molecule has 4 aromatic rings. The second-order valence-corrected chi connectivity index (χ2v) is 11.6. The second-order valence-electron chi connectivity index (χ2n) is 10.6. The minimum absolute atomic E-state index is 0.0678. The summed E-state index contributed by atoms with van der Waals surface area (Å²) in [7, 11) is 1.69. The molecule has 1 saturated heterocycles. The van der Waals surface area contributed by atoms with Gasteiger partial charge in [0.15, 0.2) is 5.78 Å². The van der Waals surface area contributed by atoms with E-state index in [1.54, 1.807) is 7.11 Å². The highest BCUT2D eigenvalue weighted by atomic mass is 32.1. The van der Waals surface area contributed by atoms with Gasteiger partial charge >= 0.3 is 0 Å². The predicted molar refractivity (Wildman–Crippen MR) is 151 cm³/mol. The zero-order valence-corrected chi connectivity index (χ0v) is 22.8. The van der Waals surface area contributed by atoms with Gasteiger partial charge in [0, 0.05) is 5.56 Å². The third kappa shape index (κ3) is 4.94. The molecular formula is C32H33NO3S. The molecule has 3 unspecified atom stereocenters. The topological polar surface area (TPSA) is 38.8 Å². The van der Waals surface area contributed by atoms with Gasteiger partial charge in [0.05, 0.1) is 29.6 Å². The first-order chi connectivity index (χ1) is 17.8. The second kappa shape index (κ2) is 10.2. The van der Waals surface area contributed by atoms with Crippen molar-refractivity contribution in [2.75, 3.05) is 12.2 Å². The van der Waals surface area contributed by atoms with Gasteiger partial charge in [-0.1, -0.05) is 80.9 Å². The Morgan fingerprint density at radius 1 is 0.946 bits per heavy atom. The summed E-state index contributed by atoms with van der Waals surface area (Å²) >= 11 is 1.47. The van der Waals surface area contributed by atoms with E-state index in [0.717, 1.165) is 27.4 Å². The van der Waals surface area contributed by atoms with Crippen molar-refractivity contribution in [3.05, 3.63) is 117 Å². The normalized spacial score (nSPS) is 19.7. The molecule has 5 rings (SSSR count). The molecule has 1 aromatic heterocycles. The Labute approximate surface area is 223 Å². The van der Waals surface area contributed by atoms with Gasteiger partial charge in [-0.15, -0.1) is 11.3 Å². The average Bonchev–Trinajstić information content (AvgIpc) is 3.57. The third-order valence-corrected chi connectivity index (χ3v) is 7.93. The molecule has 37 heavy (non-hydrogen) atoms. The zero-order chi connectivity index (χ0) is 26.2. The first-order valence-corrected chi connectivity index (χ1v) is 13.5. The molecule has 3 atom stereocenters. The number of aryl methyl sites for hydroxylation is 1. The average molecular weight is 512 g/mol. The Hall–Kier alpha value is -3.41. The Kier molecular flexibility index (Phi) is 6.93. The van der Waals surface area contributed by atoms with E-state index in [9.17, 15) is 4.79 Å². The molecule has 4 nitrogen and oxygen atoms in total. The minimum atomic E-state index is -0.481. The Bertz CT molecular complexity index is 1360. The quantitative estimate of drug-likeness (QED) is 0.245. The number of carbonyl (C=O) groups is 1. The maximum absolute atomic E-state index is 14.3. The SMILES string of the molecule is COc1ccc(C(C)(C)C)cc1C1C(C(=O)c2cccs2)C(c2ccc(C)cc2)ON1c1ccccc1. The number of carbonyl (C=O) groups excluding carboxylic acids is 1. The largest absolute Gasteiger partial charge is 0.496 e. The lowest BCUT2D eigenvalue weighted by molar-refractivity contribution is 0.0602. The van der Waals surface area contributed by atoms with Crippen LogP contribution in [0.4, 0.5) is 5.69 Å². The van der Waals surface area contributed by atoms with Gasteiger partial charge in [0.2, 0.25) is 0 Å². The van der Waals surface area contributed by atoms with Crippen LogP contribution in [0, 0.1) is 12.8 Å². The van der Waals surface area contributed by atoms with Crippen molar-refractivity contribution in [1.82, 2.24) is 0 Å². The van der Waals surface area contributed by atoms with Crippen LogP contribution in [0.2, 0.25) is 0 Å². The summed E-state index contributed by atoms with van der Waals surface area (Å²) in [6.45, 7) is 8.65. The number of anilines is 1. The molecule has 1 aliphatic rings. The number of nitrogens with zero attached hydrogens (tertiary/aromatic N) is 1. The van der Waals surface area contributed by atoms with E-state index in [1.165, 1.54) is 22.5 Å². The van der Waals surface area contributed by atoms with E-state index in [0.29, 0.717) is 0 Å². The molecule has 2 heterocycles. The van der Waals surface area contributed by atoms with Crippen LogP contribution in [-0.4, -0.2) is 12.9 Å². The smallest absolute Gasteiger partial charge is 0.181 e. The van der Waals surface area contributed by atoms with Crippen LogP contribution in [-0.2, 0) is 10.3 Å². The predicted octanol–water partition coefficient (Wildman–Crippen LogP) is 8.10. The molecule has 0 saturated carbocycles. The molecule has 5 heteroatoms. The number of hydrogen-bond donors (Lipinski definition) is 0. The maximum Gasteiger partial charge on any atom is 0.181 e. The summed E-state index contributed by atoms with van der Waals surface area (Å²) < 4.78 is 5.89. The van der Waals surface area contributed by atoms with Crippen molar-refractivity contribution in [3.8, 4) is 5.75 Å². The van der Waals surface area contributed by atoms with E-state index in [4.69, 9.17) is 9.57 Å². The van der Waals surface area contributed by atoms with Crippen LogP contribution in [0.5, 0.6) is 5.75 Å². The van der Waals surface area contributed by atoms with Crippen molar-refractivity contribution in [2.45, 2.75) is 45.3 Å². The van der Waals surface area contributed by atoms with E-state index < -0.39 is 12.0 Å². The molecule has 0 spiro atoms. The highest BCUT2D eigenvalue weighted by Crippen LogP contribution is 2.52. The molecule has 0 amide bonds. The number of thiophene rings is 1. The minimum Gasteiger partial charge on any atom is -0.496 e. The number of rotatable bonds is 6. The van der Waals surface area contributed by atoms with Gasteiger partial charge < -0.3 is 4.74 Å². The molecule has 1 aliphatic heterocycles. The summed E-state index contributed by atoms with van der Waals surface area (Å²) in [4.78, 5) is 21.8. The van der Waals surface area contributed by atoms with E-state index in [-0.39, 0.29) is 17.2 Å². The van der Waals surface area contributed by atoms with Gasteiger partial charge in [-0.2, -0.15) is 0 Å². The van der Waals surface area contributed by atoms with Crippen molar-refractivity contribution >= 4 is 22.8 Å². The van der Waals surface area contributed by atoms with Crippen LogP contribution in [0.3, 0.4) is 0 Å². The van der Waals surface area contributed by atoms with Gasteiger partial charge in [-0.3, -0.25) is 9.63 Å². The summed E-state index contributed by atoms with van der Waals surface area (Å²) in [5.41, 5.74) is 5.10. The fraction of sp³-hybridized carbons (Fsp3) is 0.281. The number of Topliss-reactive ketones (excluding diaryl/α,β-unsaturated/α-hetero) is 1.